The Bertz CT molecular complexity index is 1360. The van der Waals surface area contributed by atoms with Crippen molar-refractivity contribution in [3.8, 4) is 11.1 Å². The highest BCUT2D eigenvalue weighted by atomic mass is 15.3. The summed E-state index contributed by atoms with van der Waals surface area (Å²) in [6.07, 6.45) is 12.7. The monoisotopic (exact) mass is 421 g/mol. The lowest BCUT2D eigenvalue weighted by Gasteiger charge is -2.39. The summed E-state index contributed by atoms with van der Waals surface area (Å²) < 4.78 is 3.75. The van der Waals surface area contributed by atoms with Crippen LogP contribution in [0.15, 0.2) is 79.6 Å². The highest BCUT2D eigenvalue weighted by Gasteiger charge is 2.32. The summed E-state index contributed by atoms with van der Waals surface area (Å²) in [5.41, 5.74) is 6.87. The number of pyridine rings is 1. The van der Waals surface area contributed by atoms with E-state index in [0.29, 0.717) is 5.92 Å². The van der Waals surface area contributed by atoms with Gasteiger partial charge in [-0.1, -0.05) is 36.4 Å². The van der Waals surface area contributed by atoms with Gasteiger partial charge in [-0.15, -0.1) is 0 Å². The fraction of sp³-hybridized carbons (Fsp3) is 0.200. The zero-order valence-electron chi connectivity index (χ0n) is 17.8. The van der Waals surface area contributed by atoms with E-state index in [-0.39, 0.29) is 0 Å². The number of benzene rings is 1. The number of hydrogen-bond donors (Lipinski definition) is 0. The number of aromatic nitrogens is 6. The topological polar surface area (TPSA) is 64.1 Å². The molecule has 1 aromatic carbocycles. The molecule has 0 spiro atoms. The average molecular weight is 422 g/mol. The summed E-state index contributed by atoms with van der Waals surface area (Å²) in [6, 6.07) is 14.7. The Morgan fingerprint density at radius 3 is 2.38 bits per heavy atom. The van der Waals surface area contributed by atoms with Gasteiger partial charge in [0, 0.05) is 62.5 Å². The molecule has 0 radical (unpaired) electrons. The van der Waals surface area contributed by atoms with Crippen molar-refractivity contribution in [1.29, 1.82) is 0 Å². The molecular weight excluding hydrogens is 398 g/mol. The first kappa shape index (κ1) is 18.7. The predicted octanol–water partition coefficient (Wildman–Crippen LogP) is 3.72. The largest absolute Gasteiger partial charge is 0.367 e. The van der Waals surface area contributed by atoms with Crippen molar-refractivity contribution >= 4 is 11.2 Å². The molecule has 4 aromatic heterocycles. The molecule has 32 heavy (non-hydrogen) atoms. The Labute approximate surface area is 186 Å². The fourth-order valence-corrected chi connectivity index (χ4v) is 4.29. The third kappa shape index (κ3) is 3.41. The van der Waals surface area contributed by atoms with E-state index in [9.17, 15) is 0 Å². The van der Waals surface area contributed by atoms with E-state index in [4.69, 9.17) is 0 Å². The number of fused-ring (bicyclic) bond motifs is 1. The molecule has 5 aromatic rings. The Kier molecular flexibility index (Phi) is 4.45. The average Bonchev–Trinajstić information content (AvgIpc) is 3.41. The minimum Gasteiger partial charge on any atom is -0.367 e. The van der Waals surface area contributed by atoms with Crippen LogP contribution in [0.1, 0.15) is 22.9 Å². The second-order valence-corrected chi connectivity index (χ2v) is 8.39. The van der Waals surface area contributed by atoms with Gasteiger partial charge in [-0.3, -0.25) is 4.68 Å². The lowest BCUT2D eigenvalue weighted by Crippen LogP contribution is -2.45. The van der Waals surface area contributed by atoms with Gasteiger partial charge in [0.25, 0.3) is 0 Å². The summed E-state index contributed by atoms with van der Waals surface area (Å²) in [7, 11) is 1.93. The molecule has 1 saturated heterocycles. The molecule has 0 atom stereocenters. The van der Waals surface area contributed by atoms with E-state index >= 15 is 0 Å². The molecule has 6 rings (SSSR count). The molecule has 0 amide bonds. The third-order valence-corrected chi connectivity index (χ3v) is 6.10. The van der Waals surface area contributed by atoms with Gasteiger partial charge in [-0.05, 0) is 17.2 Å². The van der Waals surface area contributed by atoms with Crippen LogP contribution in [0.25, 0.3) is 16.6 Å². The first-order chi connectivity index (χ1) is 15.7. The molecular formula is C25H23N7. The van der Waals surface area contributed by atoms with E-state index in [0.717, 1.165) is 53.2 Å². The molecule has 1 fully saturated rings. The number of hydrogen-bond acceptors (Lipinski definition) is 5. The zero-order valence-corrected chi connectivity index (χ0v) is 17.8. The second-order valence-electron chi connectivity index (χ2n) is 8.39. The Morgan fingerprint density at radius 2 is 1.62 bits per heavy atom. The maximum atomic E-state index is 4.66. The number of nitrogens with zero attached hydrogens (tertiary/aromatic N) is 7. The lowest BCUT2D eigenvalue weighted by molar-refractivity contribution is 0.501. The standard InChI is InChI=1S/C25H23N7/c1-30-14-21(12-28-30)20-7-8-23-24(13-29-32(23)17-20)31-15-22(16-31)25-26-10-19(11-27-25)9-18-5-3-2-4-6-18/h2-8,10-14,17,22H,9,15-16H2,1H3. The minimum absolute atomic E-state index is 0.352. The number of rotatable bonds is 5. The van der Waals surface area contributed by atoms with Crippen molar-refractivity contribution in [2.24, 2.45) is 7.05 Å². The molecule has 0 unspecified atom stereocenters. The van der Waals surface area contributed by atoms with Crippen molar-refractivity contribution in [3.05, 3.63) is 96.6 Å². The van der Waals surface area contributed by atoms with Crippen LogP contribution in [0.5, 0.6) is 0 Å². The van der Waals surface area contributed by atoms with Crippen LogP contribution >= 0.6 is 0 Å². The van der Waals surface area contributed by atoms with Gasteiger partial charge in [0.15, 0.2) is 0 Å². The molecule has 7 nitrogen and oxygen atoms in total. The maximum Gasteiger partial charge on any atom is 0.134 e. The molecule has 5 heterocycles. The highest BCUT2D eigenvalue weighted by Crippen LogP contribution is 2.33. The zero-order chi connectivity index (χ0) is 21.5. The summed E-state index contributed by atoms with van der Waals surface area (Å²) in [5.74, 6) is 1.28. The molecule has 158 valence electrons. The van der Waals surface area contributed by atoms with Gasteiger partial charge in [0.05, 0.1) is 29.5 Å². The molecule has 0 N–H and O–H groups in total. The van der Waals surface area contributed by atoms with E-state index in [2.05, 4.69) is 67.7 Å². The first-order valence-electron chi connectivity index (χ1n) is 10.8. The van der Waals surface area contributed by atoms with E-state index in [1.165, 1.54) is 5.56 Å². The van der Waals surface area contributed by atoms with Crippen molar-refractivity contribution < 1.29 is 0 Å². The smallest absolute Gasteiger partial charge is 0.134 e. The lowest BCUT2D eigenvalue weighted by atomic mass is 9.98. The van der Waals surface area contributed by atoms with E-state index in [1.807, 2.05) is 53.3 Å². The molecule has 0 bridgehead atoms. The van der Waals surface area contributed by atoms with Gasteiger partial charge in [0.1, 0.15) is 5.82 Å². The molecule has 0 saturated carbocycles. The van der Waals surface area contributed by atoms with E-state index < -0.39 is 0 Å². The summed E-state index contributed by atoms with van der Waals surface area (Å²) in [5, 5.41) is 8.84. The van der Waals surface area contributed by atoms with Crippen LogP contribution in [0, 0.1) is 0 Å². The fourth-order valence-electron chi connectivity index (χ4n) is 4.29. The quantitative estimate of drug-likeness (QED) is 0.433. The highest BCUT2D eigenvalue weighted by molar-refractivity contribution is 5.76. The molecule has 1 aliphatic rings. The summed E-state index contributed by atoms with van der Waals surface area (Å²) in [6.45, 7) is 1.81. The summed E-state index contributed by atoms with van der Waals surface area (Å²) in [4.78, 5) is 11.7. The summed E-state index contributed by atoms with van der Waals surface area (Å²) >= 11 is 0. The van der Waals surface area contributed by atoms with Gasteiger partial charge in [0.2, 0.25) is 0 Å². The normalized spacial score (nSPS) is 14.1. The molecule has 7 heteroatoms. The van der Waals surface area contributed by atoms with Gasteiger partial charge in [-0.25, -0.2) is 14.5 Å². The third-order valence-electron chi connectivity index (χ3n) is 6.10. The number of anilines is 1. The van der Waals surface area contributed by atoms with Gasteiger partial charge < -0.3 is 4.90 Å². The Morgan fingerprint density at radius 1 is 0.812 bits per heavy atom. The van der Waals surface area contributed by atoms with Crippen LogP contribution in [-0.2, 0) is 13.5 Å². The van der Waals surface area contributed by atoms with Gasteiger partial charge in [-0.2, -0.15) is 10.2 Å². The Hall–Kier alpha value is -4.00. The van der Waals surface area contributed by atoms with Crippen molar-refractivity contribution in [2.75, 3.05) is 18.0 Å². The SMILES string of the molecule is Cn1cc(-c2ccc3c(N4CC(c5ncc(Cc6ccccc6)cn5)C4)cnn3c2)cn1. The van der Waals surface area contributed by atoms with Crippen molar-refractivity contribution in [2.45, 2.75) is 12.3 Å². The molecule has 0 aliphatic carbocycles. The van der Waals surface area contributed by atoms with Crippen LogP contribution in [0.3, 0.4) is 0 Å². The molecule has 1 aliphatic heterocycles. The van der Waals surface area contributed by atoms with Gasteiger partial charge >= 0.3 is 0 Å². The van der Waals surface area contributed by atoms with E-state index in [1.54, 1.807) is 0 Å². The second kappa shape index (κ2) is 7.60. The van der Waals surface area contributed by atoms with Crippen LogP contribution < -0.4 is 4.90 Å². The van der Waals surface area contributed by atoms with Crippen molar-refractivity contribution in [1.82, 2.24) is 29.4 Å². The van der Waals surface area contributed by atoms with Crippen LogP contribution in [0.4, 0.5) is 5.69 Å². The minimum atomic E-state index is 0.352. The van der Waals surface area contributed by atoms with Crippen LogP contribution in [0.2, 0.25) is 0 Å². The maximum absolute atomic E-state index is 4.66. The Balaban J connectivity index is 1.14. The number of aryl methyl sites for hydroxylation is 1. The van der Waals surface area contributed by atoms with Crippen molar-refractivity contribution in [3.63, 3.8) is 0 Å². The van der Waals surface area contributed by atoms with Crippen LogP contribution in [-0.4, -0.2) is 42.5 Å². The predicted molar refractivity (Wildman–Crippen MR) is 124 cm³/mol. The first-order valence-corrected chi connectivity index (χ1v) is 10.8.